The first kappa shape index (κ1) is 15.7. The average molecular weight is 328 g/mol. The van der Waals surface area contributed by atoms with Gasteiger partial charge in [0.15, 0.2) is 11.5 Å². The molecule has 3 rings (SSSR count). The van der Waals surface area contributed by atoms with Crippen LogP contribution in [0, 0.1) is 0 Å². The van der Waals surface area contributed by atoms with Gasteiger partial charge in [0.25, 0.3) is 5.91 Å². The number of aromatic hydroxyl groups is 1. The topological polar surface area (TPSA) is 89.4 Å². The van der Waals surface area contributed by atoms with Crippen LogP contribution in [0.25, 0.3) is 0 Å². The van der Waals surface area contributed by atoms with Crippen LogP contribution in [0.2, 0.25) is 0 Å². The first-order valence-corrected chi connectivity index (χ1v) is 7.27. The van der Waals surface area contributed by atoms with Gasteiger partial charge >= 0.3 is 0 Å². The molecule has 7 nitrogen and oxygen atoms in total. The maximum atomic E-state index is 11.9. The van der Waals surface area contributed by atoms with Gasteiger partial charge in [0.2, 0.25) is 5.75 Å². The third-order valence-electron chi connectivity index (χ3n) is 3.34. The van der Waals surface area contributed by atoms with Crippen molar-refractivity contribution in [1.82, 2.24) is 5.43 Å². The van der Waals surface area contributed by atoms with E-state index in [9.17, 15) is 9.90 Å². The number of fused-ring (bicyclic) bond motifs is 1. The number of ether oxygens (including phenoxy) is 3. The molecule has 0 saturated carbocycles. The summed E-state index contributed by atoms with van der Waals surface area (Å²) in [5.41, 5.74) is 3.40. The van der Waals surface area contributed by atoms with Gasteiger partial charge in [-0.3, -0.25) is 4.79 Å². The fraction of sp³-hybridized carbons (Fsp3) is 0.176. The average Bonchev–Trinajstić information content (AvgIpc) is 2.61. The van der Waals surface area contributed by atoms with Gasteiger partial charge in [0.05, 0.1) is 13.3 Å². The van der Waals surface area contributed by atoms with Crippen molar-refractivity contribution in [2.75, 3.05) is 20.3 Å². The number of hydrogen-bond acceptors (Lipinski definition) is 6. The van der Waals surface area contributed by atoms with E-state index in [0.29, 0.717) is 41.6 Å². The number of hydrogen-bond donors (Lipinski definition) is 2. The highest BCUT2D eigenvalue weighted by Gasteiger charge is 2.17. The number of phenolic OH excluding ortho intramolecular Hbond substituents is 1. The SMILES string of the molecule is COc1cc(/C=N\NC(=O)c2cccc(O)c2)cc2c1OCCO2. The Morgan fingerprint density at radius 3 is 2.92 bits per heavy atom. The van der Waals surface area contributed by atoms with Crippen molar-refractivity contribution < 1.29 is 24.1 Å². The second-order valence-electron chi connectivity index (χ2n) is 5.00. The van der Waals surface area contributed by atoms with Crippen molar-refractivity contribution >= 4 is 12.1 Å². The minimum absolute atomic E-state index is 0.0169. The molecule has 1 heterocycles. The van der Waals surface area contributed by atoms with E-state index in [0.717, 1.165) is 0 Å². The largest absolute Gasteiger partial charge is 0.508 e. The highest BCUT2D eigenvalue weighted by molar-refractivity contribution is 5.95. The van der Waals surface area contributed by atoms with Crippen molar-refractivity contribution in [3.8, 4) is 23.0 Å². The molecule has 2 aromatic carbocycles. The molecule has 0 atom stereocenters. The maximum Gasteiger partial charge on any atom is 0.271 e. The number of benzene rings is 2. The van der Waals surface area contributed by atoms with E-state index >= 15 is 0 Å². The number of hydrazone groups is 1. The normalized spacial score (nSPS) is 12.9. The second kappa shape index (κ2) is 6.91. The molecule has 7 heteroatoms. The first-order valence-electron chi connectivity index (χ1n) is 7.27. The number of nitrogens with zero attached hydrogens (tertiary/aromatic N) is 1. The van der Waals surface area contributed by atoms with Crippen LogP contribution < -0.4 is 19.6 Å². The zero-order valence-electron chi connectivity index (χ0n) is 13.0. The zero-order valence-corrected chi connectivity index (χ0v) is 13.0. The molecule has 24 heavy (non-hydrogen) atoms. The Morgan fingerprint density at radius 1 is 1.29 bits per heavy atom. The molecule has 0 unspecified atom stereocenters. The van der Waals surface area contributed by atoms with Gasteiger partial charge < -0.3 is 19.3 Å². The zero-order chi connectivity index (χ0) is 16.9. The van der Waals surface area contributed by atoms with Crippen molar-refractivity contribution in [3.05, 3.63) is 47.5 Å². The molecule has 0 aromatic heterocycles. The summed E-state index contributed by atoms with van der Waals surface area (Å²) in [6.07, 6.45) is 1.47. The predicted molar refractivity (Wildman–Crippen MR) is 87.2 cm³/mol. The molecule has 0 radical (unpaired) electrons. The van der Waals surface area contributed by atoms with E-state index in [-0.39, 0.29) is 5.75 Å². The van der Waals surface area contributed by atoms with Crippen LogP contribution in [-0.4, -0.2) is 37.6 Å². The van der Waals surface area contributed by atoms with Crippen LogP contribution in [0.3, 0.4) is 0 Å². The van der Waals surface area contributed by atoms with Crippen molar-refractivity contribution in [2.45, 2.75) is 0 Å². The third-order valence-corrected chi connectivity index (χ3v) is 3.34. The Hall–Kier alpha value is -3.22. The number of amides is 1. The quantitative estimate of drug-likeness (QED) is 0.661. The van der Waals surface area contributed by atoms with Crippen LogP contribution in [0.4, 0.5) is 0 Å². The van der Waals surface area contributed by atoms with E-state index in [4.69, 9.17) is 14.2 Å². The molecule has 0 saturated heterocycles. The molecule has 0 fully saturated rings. The van der Waals surface area contributed by atoms with Gasteiger partial charge in [0.1, 0.15) is 19.0 Å². The molecule has 1 amide bonds. The summed E-state index contributed by atoms with van der Waals surface area (Å²) in [5, 5.41) is 13.3. The van der Waals surface area contributed by atoms with Gasteiger partial charge in [-0.05, 0) is 30.3 Å². The number of carbonyl (C=O) groups is 1. The first-order chi connectivity index (χ1) is 11.7. The summed E-state index contributed by atoms with van der Waals surface area (Å²) in [5.74, 6) is 1.26. The lowest BCUT2D eigenvalue weighted by Crippen LogP contribution is -2.18. The van der Waals surface area contributed by atoms with E-state index in [1.807, 2.05) is 0 Å². The molecular formula is C17H16N2O5. The van der Waals surface area contributed by atoms with Gasteiger partial charge in [-0.15, -0.1) is 0 Å². The highest BCUT2D eigenvalue weighted by atomic mass is 16.6. The van der Waals surface area contributed by atoms with Crippen LogP contribution in [0.15, 0.2) is 41.5 Å². The summed E-state index contributed by atoms with van der Waals surface area (Å²) in [4.78, 5) is 11.9. The number of rotatable bonds is 4. The lowest BCUT2D eigenvalue weighted by molar-refractivity contribution is 0.0954. The number of nitrogens with one attached hydrogen (secondary N) is 1. The summed E-state index contributed by atoms with van der Waals surface area (Å²) < 4.78 is 16.3. The summed E-state index contributed by atoms with van der Waals surface area (Å²) in [6, 6.07) is 9.50. The van der Waals surface area contributed by atoms with E-state index < -0.39 is 5.91 Å². The maximum absolute atomic E-state index is 11.9. The number of methoxy groups -OCH3 is 1. The monoisotopic (exact) mass is 328 g/mol. The standard InChI is InChI=1S/C17H16N2O5/c1-22-14-7-11(8-15-16(14)24-6-5-23-15)10-18-19-17(21)12-3-2-4-13(20)9-12/h2-4,7-10,20H,5-6H2,1H3,(H,19,21)/b18-10-. The molecule has 0 aliphatic carbocycles. The molecule has 1 aliphatic rings. The summed E-state index contributed by atoms with van der Waals surface area (Å²) in [6.45, 7) is 0.932. The Labute approximate surface area is 138 Å². The second-order valence-corrected chi connectivity index (χ2v) is 5.00. The summed E-state index contributed by atoms with van der Waals surface area (Å²) >= 11 is 0. The smallest absolute Gasteiger partial charge is 0.271 e. The minimum Gasteiger partial charge on any atom is -0.508 e. The lowest BCUT2D eigenvalue weighted by atomic mass is 10.2. The Balaban J connectivity index is 1.73. The third kappa shape index (κ3) is 3.40. The van der Waals surface area contributed by atoms with Gasteiger partial charge in [-0.1, -0.05) is 6.07 Å². The van der Waals surface area contributed by atoms with E-state index in [2.05, 4.69) is 10.5 Å². The Kier molecular flexibility index (Phi) is 4.51. The van der Waals surface area contributed by atoms with Crippen molar-refractivity contribution in [1.29, 1.82) is 0 Å². The Bertz CT molecular complexity index is 771. The molecule has 2 aromatic rings. The molecule has 0 bridgehead atoms. The fourth-order valence-corrected chi connectivity index (χ4v) is 2.25. The van der Waals surface area contributed by atoms with Crippen LogP contribution in [0.5, 0.6) is 23.0 Å². The van der Waals surface area contributed by atoms with Gasteiger partial charge in [-0.2, -0.15) is 5.10 Å². The lowest BCUT2D eigenvalue weighted by Gasteiger charge is -2.20. The molecule has 124 valence electrons. The van der Waals surface area contributed by atoms with E-state index in [1.54, 1.807) is 24.3 Å². The van der Waals surface area contributed by atoms with Gasteiger partial charge in [-0.25, -0.2) is 5.43 Å². The molecule has 0 spiro atoms. The molecular weight excluding hydrogens is 312 g/mol. The fourth-order valence-electron chi connectivity index (χ4n) is 2.25. The molecule has 1 aliphatic heterocycles. The van der Waals surface area contributed by atoms with Gasteiger partial charge in [0, 0.05) is 11.1 Å². The van der Waals surface area contributed by atoms with Crippen LogP contribution >= 0.6 is 0 Å². The Morgan fingerprint density at radius 2 is 2.12 bits per heavy atom. The number of carbonyl (C=O) groups excluding carboxylic acids is 1. The number of phenols is 1. The predicted octanol–water partition coefficient (Wildman–Crippen LogP) is 1.94. The van der Waals surface area contributed by atoms with E-state index in [1.165, 1.54) is 25.5 Å². The van der Waals surface area contributed by atoms with Crippen LogP contribution in [-0.2, 0) is 0 Å². The van der Waals surface area contributed by atoms with Crippen molar-refractivity contribution in [3.63, 3.8) is 0 Å². The minimum atomic E-state index is -0.424. The summed E-state index contributed by atoms with van der Waals surface area (Å²) in [7, 11) is 1.54. The highest BCUT2D eigenvalue weighted by Crippen LogP contribution is 2.39. The molecule has 2 N–H and O–H groups in total. The van der Waals surface area contributed by atoms with Crippen molar-refractivity contribution in [2.24, 2.45) is 5.10 Å². The van der Waals surface area contributed by atoms with Crippen LogP contribution in [0.1, 0.15) is 15.9 Å².